The van der Waals surface area contributed by atoms with Gasteiger partial charge in [-0.2, -0.15) is 10.2 Å². The minimum absolute atomic E-state index is 0.258. The van der Waals surface area contributed by atoms with Crippen LogP contribution in [0.15, 0.2) is 73.3 Å². The Morgan fingerprint density at radius 2 is 1.60 bits per heavy atom. The Bertz CT molecular complexity index is 1170. The van der Waals surface area contributed by atoms with Crippen molar-refractivity contribution in [1.82, 2.24) is 19.6 Å². The third-order valence-corrected chi connectivity index (χ3v) is 4.81. The average Bonchev–Trinajstić information content (AvgIpc) is 3.33. The van der Waals surface area contributed by atoms with Crippen molar-refractivity contribution in [3.05, 3.63) is 95.8 Å². The summed E-state index contributed by atoms with van der Waals surface area (Å²) in [5.74, 6) is -0.258. The summed E-state index contributed by atoms with van der Waals surface area (Å²) < 4.78 is 16.9. The lowest BCUT2D eigenvalue weighted by atomic mass is 10.1. The lowest BCUT2D eigenvalue weighted by molar-refractivity contribution is 0.619. The molecule has 0 atom stereocenters. The maximum atomic E-state index is 13.3. The lowest BCUT2D eigenvalue weighted by Gasteiger charge is -2.07. The number of nitrogens with zero attached hydrogens (tertiary/aromatic N) is 4. The first-order chi connectivity index (χ1) is 14.5. The largest absolute Gasteiger partial charge is 0.330 e. The first-order valence-corrected chi connectivity index (χ1v) is 9.88. The van der Waals surface area contributed by atoms with E-state index in [1.807, 2.05) is 35.3 Å². The van der Waals surface area contributed by atoms with Crippen molar-refractivity contribution < 1.29 is 4.39 Å². The third kappa shape index (κ3) is 5.09. The third-order valence-electron chi connectivity index (χ3n) is 4.61. The molecule has 6 nitrogen and oxygen atoms in total. The second-order valence-corrected chi connectivity index (χ2v) is 7.40. The Balaban J connectivity index is 1.32. The van der Waals surface area contributed by atoms with Crippen LogP contribution >= 0.6 is 12.2 Å². The van der Waals surface area contributed by atoms with E-state index in [0.717, 1.165) is 16.9 Å². The summed E-state index contributed by atoms with van der Waals surface area (Å²) in [6, 6.07) is 14.7. The van der Waals surface area contributed by atoms with Gasteiger partial charge in [0.25, 0.3) is 0 Å². The molecule has 2 aromatic heterocycles. The van der Waals surface area contributed by atoms with E-state index >= 15 is 0 Å². The molecule has 2 aromatic carbocycles. The van der Waals surface area contributed by atoms with Crippen LogP contribution in [0.2, 0.25) is 0 Å². The topological polar surface area (TPSA) is 59.7 Å². The van der Waals surface area contributed by atoms with Crippen molar-refractivity contribution in [2.45, 2.75) is 20.0 Å². The van der Waals surface area contributed by atoms with Crippen molar-refractivity contribution in [1.29, 1.82) is 0 Å². The van der Waals surface area contributed by atoms with Gasteiger partial charge < -0.3 is 10.6 Å². The van der Waals surface area contributed by atoms with Crippen LogP contribution in [-0.2, 0) is 13.1 Å². The minimum Gasteiger partial charge on any atom is -0.330 e. The zero-order chi connectivity index (χ0) is 20.9. The molecule has 0 fully saturated rings. The van der Waals surface area contributed by atoms with E-state index in [4.69, 9.17) is 12.2 Å². The zero-order valence-electron chi connectivity index (χ0n) is 16.4. The van der Waals surface area contributed by atoms with E-state index in [2.05, 4.69) is 39.9 Å². The number of aromatic nitrogens is 4. The highest BCUT2D eigenvalue weighted by atomic mass is 32.1. The van der Waals surface area contributed by atoms with Crippen LogP contribution < -0.4 is 10.6 Å². The molecule has 0 unspecified atom stereocenters. The number of aryl methyl sites for hydroxylation is 1. The van der Waals surface area contributed by atoms with Gasteiger partial charge in [0, 0.05) is 12.4 Å². The first-order valence-electron chi connectivity index (χ1n) is 9.47. The summed E-state index contributed by atoms with van der Waals surface area (Å²) in [6.45, 7) is 3.26. The van der Waals surface area contributed by atoms with E-state index < -0.39 is 0 Å². The van der Waals surface area contributed by atoms with Gasteiger partial charge in [-0.25, -0.2) is 4.39 Å². The number of benzene rings is 2. The minimum atomic E-state index is -0.258. The van der Waals surface area contributed by atoms with Gasteiger partial charge >= 0.3 is 0 Å². The second kappa shape index (κ2) is 8.87. The maximum Gasteiger partial charge on any atom is 0.175 e. The van der Waals surface area contributed by atoms with E-state index in [1.54, 1.807) is 23.1 Å². The number of nitrogens with one attached hydrogen (secondary N) is 2. The fraction of sp³-hybridized carbons (Fsp3) is 0.136. The molecule has 0 radical (unpaired) electrons. The van der Waals surface area contributed by atoms with E-state index in [-0.39, 0.29) is 5.82 Å². The molecule has 30 heavy (non-hydrogen) atoms. The number of rotatable bonds is 6. The smallest absolute Gasteiger partial charge is 0.175 e. The van der Waals surface area contributed by atoms with E-state index in [9.17, 15) is 4.39 Å². The summed E-state index contributed by atoms with van der Waals surface area (Å²) >= 11 is 5.39. The Kier molecular flexibility index (Phi) is 5.85. The molecule has 0 spiro atoms. The van der Waals surface area contributed by atoms with Crippen LogP contribution in [0.3, 0.4) is 0 Å². The van der Waals surface area contributed by atoms with Crippen molar-refractivity contribution in [2.24, 2.45) is 0 Å². The molecule has 2 N–H and O–H groups in total. The van der Waals surface area contributed by atoms with Crippen LogP contribution in [0.5, 0.6) is 0 Å². The Hall–Kier alpha value is -3.52. The molecular weight excluding hydrogens is 399 g/mol. The maximum absolute atomic E-state index is 13.3. The van der Waals surface area contributed by atoms with Gasteiger partial charge in [0.15, 0.2) is 5.11 Å². The normalized spacial score (nSPS) is 10.7. The second-order valence-electron chi connectivity index (χ2n) is 6.99. The SMILES string of the molecule is Cc1ccccc1Cn1cc(NC(=S)Nc2cnn(Cc3cccc(F)c3)c2)cn1. The number of anilines is 2. The first kappa shape index (κ1) is 19.8. The number of hydrogen-bond donors (Lipinski definition) is 2. The van der Waals surface area contributed by atoms with Gasteiger partial charge in [0.1, 0.15) is 5.82 Å². The molecule has 0 aliphatic rings. The molecular formula is C22H21FN6S. The molecule has 0 aliphatic carbocycles. The number of thiocarbonyl (C=S) groups is 1. The number of hydrogen-bond acceptors (Lipinski definition) is 3. The lowest BCUT2D eigenvalue weighted by Crippen LogP contribution is -2.18. The quantitative estimate of drug-likeness (QED) is 0.452. The summed E-state index contributed by atoms with van der Waals surface area (Å²) in [6.07, 6.45) is 7.14. The fourth-order valence-electron chi connectivity index (χ4n) is 3.11. The highest BCUT2D eigenvalue weighted by Crippen LogP contribution is 2.13. The Morgan fingerprint density at radius 3 is 2.27 bits per heavy atom. The monoisotopic (exact) mass is 420 g/mol. The molecule has 2 heterocycles. The van der Waals surface area contributed by atoms with Gasteiger partial charge in [-0.1, -0.05) is 36.4 Å². The summed E-state index contributed by atoms with van der Waals surface area (Å²) in [4.78, 5) is 0. The van der Waals surface area contributed by atoms with Gasteiger partial charge in [-0.05, 0) is 48.0 Å². The highest BCUT2D eigenvalue weighted by molar-refractivity contribution is 7.80. The van der Waals surface area contributed by atoms with E-state index in [0.29, 0.717) is 18.2 Å². The fourth-order valence-corrected chi connectivity index (χ4v) is 3.34. The molecule has 0 saturated heterocycles. The Morgan fingerprint density at radius 1 is 0.933 bits per heavy atom. The van der Waals surface area contributed by atoms with E-state index in [1.165, 1.54) is 23.3 Å². The molecule has 152 valence electrons. The summed E-state index contributed by atoms with van der Waals surface area (Å²) in [5, 5.41) is 15.3. The van der Waals surface area contributed by atoms with Gasteiger partial charge in [-0.3, -0.25) is 9.36 Å². The van der Waals surface area contributed by atoms with Crippen LogP contribution in [0.25, 0.3) is 0 Å². The molecule has 0 saturated carbocycles. The van der Waals surface area contributed by atoms with Gasteiger partial charge in [-0.15, -0.1) is 0 Å². The average molecular weight is 421 g/mol. The van der Waals surface area contributed by atoms with Gasteiger partial charge in [0.05, 0.1) is 36.9 Å². The summed E-state index contributed by atoms with van der Waals surface area (Å²) in [5.41, 5.74) is 4.84. The molecule has 4 aromatic rings. The van der Waals surface area contributed by atoms with Crippen LogP contribution in [0.4, 0.5) is 15.8 Å². The van der Waals surface area contributed by atoms with Crippen LogP contribution in [0, 0.1) is 12.7 Å². The van der Waals surface area contributed by atoms with Crippen molar-refractivity contribution in [3.63, 3.8) is 0 Å². The summed E-state index contributed by atoms with van der Waals surface area (Å²) in [7, 11) is 0. The molecule has 0 bridgehead atoms. The molecule has 0 amide bonds. The van der Waals surface area contributed by atoms with Crippen molar-refractivity contribution >= 4 is 28.7 Å². The molecule has 0 aliphatic heterocycles. The van der Waals surface area contributed by atoms with Crippen LogP contribution in [0.1, 0.15) is 16.7 Å². The van der Waals surface area contributed by atoms with Crippen LogP contribution in [-0.4, -0.2) is 24.7 Å². The van der Waals surface area contributed by atoms with Crippen molar-refractivity contribution in [3.8, 4) is 0 Å². The number of halogens is 1. The molecule has 4 rings (SSSR count). The van der Waals surface area contributed by atoms with Gasteiger partial charge in [0.2, 0.25) is 0 Å². The van der Waals surface area contributed by atoms with Crippen molar-refractivity contribution in [2.75, 3.05) is 10.6 Å². The molecule has 8 heteroatoms. The standard InChI is InChI=1S/C22H21FN6S/c1-16-5-2-3-7-18(16)13-29-15-21(11-25-29)27-22(30)26-20-10-24-28(14-20)12-17-6-4-8-19(23)9-17/h2-11,14-15H,12-13H2,1H3,(H2,26,27,30). The predicted molar refractivity (Wildman–Crippen MR) is 120 cm³/mol. The highest BCUT2D eigenvalue weighted by Gasteiger charge is 2.06. The predicted octanol–water partition coefficient (Wildman–Crippen LogP) is 4.43. The Labute approximate surface area is 179 Å². The zero-order valence-corrected chi connectivity index (χ0v) is 17.2.